The van der Waals surface area contributed by atoms with E-state index in [9.17, 15) is 4.79 Å². The van der Waals surface area contributed by atoms with Gasteiger partial charge >= 0.3 is 5.97 Å². The van der Waals surface area contributed by atoms with Gasteiger partial charge in [0.1, 0.15) is 5.75 Å². The van der Waals surface area contributed by atoms with Crippen molar-refractivity contribution in [3.05, 3.63) is 52.5 Å². The minimum atomic E-state index is -0.452. The lowest BCUT2D eigenvalue weighted by Crippen LogP contribution is -2.35. The number of ether oxygens (including phenoxy) is 3. The molecule has 1 aromatic heterocycles. The summed E-state index contributed by atoms with van der Waals surface area (Å²) >= 11 is 1.63. The molecule has 0 spiro atoms. The second kappa shape index (κ2) is 7.31. The van der Waals surface area contributed by atoms with Crippen LogP contribution in [0.25, 0.3) is 6.08 Å². The fourth-order valence-corrected chi connectivity index (χ4v) is 3.85. The van der Waals surface area contributed by atoms with E-state index in [4.69, 9.17) is 14.2 Å². The topological polar surface area (TPSA) is 60.4 Å². The Morgan fingerprint density at radius 3 is 2.81 bits per heavy atom. The number of aliphatic imine (C=N–C) groups is 1. The Kier molecular flexibility index (Phi) is 4.73. The Labute approximate surface area is 155 Å². The van der Waals surface area contributed by atoms with Gasteiger partial charge in [-0.2, -0.15) is 0 Å². The molecule has 26 heavy (non-hydrogen) atoms. The lowest BCUT2D eigenvalue weighted by Gasteiger charge is -2.27. The molecule has 6 nitrogen and oxygen atoms in total. The van der Waals surface area contributed by atoms with Crippen molar-refractivity contribution in [1.82, 2.24) is 0 Å². The highest BCUT2D eigenvalue weighted by atomic mass is 32.1. The number of esters is 1. The second-order valence-electron chi connectivity index (χ2n) is 5.81. The fourth-order valence-electron chi connectivity index (χ4n) is 2.85. The van der Waals surface area contributed by atoms with Gasteiger partial charge < -0.3 is 19.1 Å². The van der Waals surface area contributed by atoms with E-state index in [1.165, 1.54) is 5.00 Å². The SMILES string of the molecule is COc1ccccc1C1=NC(=Cc2ccc(N3CCOCC3)s2)C(=O)O1. The van der Waals surface area contributed by atoms with Crippen LogP contribution in [0.2, 0.25) is 0 Å². The van der Waals surface area contributed by atoms with Gasteiger partial charge in [0.25, 0.3) is 0 Å². The van der Waals surface area contributed by atoms with Gasteiger partial charge in [0, 0.05) is 18.0 Å². The van der Waals surface area contributed by atoms with Crippen LogP contribution in [-0.4, -0.2) is 45.3 Å². The van der Waals surface area contributed by atoms with Crippen LogP contribution in [-0.2, 0) is 14.3 Å². The summed E-state index contributed by atoms with van der Waals surface area (Å²) in [6.07, 6.45) is 1.76. The van der Waals surface area contributed by atoms with Crippen LogP contribution >= 0.6 is 11.3 Å². The zero-order chi connectivity index (χ0) is 17.9. The van der Waals surface area contributed by atoms with E-state index >= 15 is 0 Å². The third-order valence-electron chi connectivity index (χ3n) is 4.17. The van der Waals surface area contributed by atoms with Gasteiger partial charge in [-0.25, -0.2) is 9.79 Å². The minimum absolute atomic E-state index is 0.267. The van der Waals surface area contributed by atoms with E-state index in [-0.39, 0.29) is 5.90 Å². The van der Waals surface area contributed by atoms with Crippen molar-refractivity contribution in [2.75, 3.05) is 38.3 Å². The van der Waals surface area contributed by atoms with Crippen LogP contribution in [0, 0.1) is 0 Å². The monoisotopic (exact) mass is 370 g/mol. The van der Waals surface area contributed by atoms with Crippen molar-refractivity contribution >= 4 is 34.3 Å². The van der Waals surface area contributed by atoms with Gasteiger partial charge in [-0.3, -0.25) is 0 Å². The molecule has 0 atom stereocenters. The average Bonchev–Trinajstić information content (AvgIpc) is 3.30. The molecule has 0 unspecified atom stereocenters. The molecule has 1 aromatic carbocycles. The highest BCUT2D eigenvalue weighted by molar-refractivity contribution is 7.16. The summed E-state index contributed by atoms with van der Waals surface area (Å²) in [6.45, 7) is 3.25. The third kappa shape index (κ3) is 3.36. The number of para-hydroxylation sites is 1. The largest absolute Gasteiger partial charge is 0.496 e. The fraction of sp³-hybridized carbons (Fsp3) is 0.263. The molecule has 2 aromatic rings. The number of morpholine rings is 1. The zero-order valence-corrected chi connectivity index (χ0v) is 15.1. The van der Waals surface area contributed by atoms with Crippen molar-refractivity contribution in [3.63, 3.8) is 0 Å². The lowest BCUT2D eigenvalue weighted by atomic mass is 10.2. The number of carbonyl (C=O) groups is 1. The predicted octanol–water partition coefficient (Wildman–Crippen LogP) is 2.94. The number of anilines is 1. The maximum Gasteiger partial charge on any atom is 0.363 e. The number of nitrogens with zero attached hydrogens (tertiary/aromatic N) is 2. The first kappa shape index (κ1) is 16.8. The van der Waals surface area contributed by atoms with Crippen LogP contribution < -0.4 is 9.64 Å². The highest BCUT2D eigenvalue weighted by Gasteiger charge is 2.26. The first-order chi connectivity index (χ1) is 12.7. The smallest absolute Gasteiger partial charge is 0.363 e. The Morgan fingerprint density at radius 1 is 1.19 bits per heavy atom. The first-order valence-electron chi connectivity index (χ1n) is 8.33. The number of thiophene rings is 1. The first-order valence-corrected chi connectivity index (χ1v) is 9.15. The van der Waals surface area contributed by atoms with Gasteiger partial charge in [0.2, 0.25) is 5.90 Å². The molecule has 0 saturated carbocycles. The number of hydrogen-bond acceptors (Lipinski definition) is 7. The van der Waals surface area contributed by atoms with Crippen molar-refractivity contribution in [3.8, 4) is 5.75 Å². The van der Waals surface area contributed by atoms with Crippen LogP contribution in [0.5, 0.6) is 5.75 Å². The molecule has 0 N–H and O–H groups in total. The summed E-state index contributed by atoms with van der Waals surface area (Å²) < 4.78 is 16.0. The summed E-state index contributed by atoms with van der Waals surface area (Å²) in [6, 6.07) is 11.4. The van der Waals surface area contributed by atoms with E-state index in [0.717, 1.165) is 31.2 Å². The summed E-state index contributed by atoms with van der Waals surface area (Å²) in [4.78, 5) is 19.8. The van der Waals surface area contributed by atoms with E-state index in [0.29, 0.717) is 17.0 Å². The molecule has 0 bridgehead atoms. The van der Waals surface area contributed by atoms with Crippen LogP contribution in [0.4, 0.5) is 5.00 Å². The summed E-state index contributed by atoms with van der Waals surface area (Å²) in [5.41, 5.74) is 0.952. The van der Waals surface area contributed by atoms with Crippen LogP contribution in [0.3, 0.4) is 0 Å². The maximum absolute atomic E-state index is 12.2. The number of methoxy groups -OCH3 is 1. The average molecular weight is 370 g/mol. The van der Waals surface area contributed by atoms with E-state index in [1.807, 2.05) is 24.3 Å². The number of cyclic esters (lactones) is 1. The molecule has 7 heteroatoms. The molecule has 1 saturated heterocycles. The molecule has 4 rings (SSSR count). The molecular formula is C19H18N2O4S. The zero-order valence-electron chi connectivity index (χ0n) is 14.3. The van der Waals surface area contributed by atoms with Crippen LogP contribution in [0.1, 0.15) is 10.4 Å². The van der Waals surface area contributed by atoms with Gasteiger partial charge in [0.15, 0.2) is 5.70 Å². The quantitative estimate of drug-likeness (QED) is 0.612. The third-order valence-corrected chi connectivity index (χ3v) is 5.27. The van der Waals surface area contributed by atoms with E-state index < -0.39 is 5.97 Å². The normalized spacial score (nSPS) is 18.8. The molecule has 0 radical (unpaired) electrons. The van der Waals surface area contributed by atoms with Crippen molar-refractivity contribution in [1.29, 1.82) is 0 Å². The number of carbonyl (C=O) groups excluding carboxylic acids is 1. The van der Waals surface area contributed by atoms with Crippen molar-refractivity contribution < 1.29 is 19.0 Å². The van der Waals surface area contributed by atoms with Crippen LogP contribution in [0.15, 0.2) is 47.1 Å². The molecule has 2 aliphatic rings. The number of rotatable bonds is 4. The number of benzene rings is 1. The molecule has 1 fully saturated rings. The lowest BCUT2D eigenvalue weighted by molar-refractivity contribution is -0.129. The van der Waals surface area contributed by atoms with E-state index in [1.54, 1.807) is 30.6 Å². The summed E-state index contributed by atoms with van der Waals surface area (Å²) in [7, 11) is 1.58. The Balaban J connectivity index is 1.58. The highest BCUT2D eigenvalue weighted by Crippen LogP contribution is 2.30. The molecule has 2 aliphatic heterocycles. The van der Waals surface area contributed by atoms with Gasteiger partial charge in [0.05, 0.1) is 30.9 Å². The summed E-state index contributed by atoms with van der Waals surface area (Å²) in [5.74, 6) is 0.432. The molecular weight excluding hydrogens is 352 g/mol. The van der Waals surface area contributed by atoms with Gasteiger partial charge in [-0.15, -0.1) is 11.3 Å². The summed E-state index contributed by atoms with van der Waals surface area (Å²) in [5, 5.41) is 1.17. The van der Waals surface area contributed by atoms with Crippen molar-refractivity contribution in [2.45, 2.75) is 0 Å². The Morgan fingerprint density at radius 2 is 2.00 bits per heavy atom. The molecule has 134 valence electrons. The van der Waals surface area contributed by atoms with E-state index in [2.05, 4.69) is 16.0 Å². The van der Waals surface area contributed by atoms with Gasteiger partial charge in [-0.1, -0.05) is 12.1 Å². The minimum Gasteiger partial charge on any atom is -0.496 e. The molecule has 3 heterocycles. The van der Waals surface area contributed by atoms with Crippen molar-refractivity contribution in [2.24, 2.45) is 4.99 Å². The Bertz CT molecular complexity index is 881. The Hall–Kier alpha value is -2.64. The second-order valence-corrected chi connectivity index (χ2v) is 6.91. The van der Waals surface area contributed by atoms with Gasteiger partial charge in [-0.05, 0) is 30.3 Å². The standard InChI is InChI=1S/C19H18N2O4S/c1-23-16-5-3-2-4-14(16)18-20-15(19(22)25-18)12-13-6-7-17(26-13)21-8-10-24-11-9-21/h2-7,12H,8-11H2,1H3. The number of hydrogen-bond donors (Lipinski definition) is 0. The maximum atomic E-state index is 12.2. The molecule has 0 amide bonds. The predicted molar refractivity (Wildman–Crippen MR) is 101 cm³/mol. The molecule has 0 aliphatic carbocycles.